The van der Waals surface area contributed by atoms with Crippen molar-refractivity contribution in [1.82, 2.24) is 4.90 Å². The number of methoxy groups -OCH3 is 1. The van der Waals surface area contributed by atoms with Gasteiger partial charge in [0.15, 0.2) is 0 Å². The Bertz CT molecular complexity index is 552. The summed E-state index contributed by atoms with van der Waals surface area (Å²) in [6.45, 7) is 1.03. The van der Waals surface area contributed by atoms with Crippen LogP contribution >= 0.6 is 0 Å². The molecule has 2 nitrogen and oxygen atoms in total. The van der Waals surface area contributed by atoms with Crippen molar-refractivity contribution in [3.63, 3.8) is 0 Å². The van der Waals surface area contributed by atoms with Gasteiger partial charge in [-0.2, -0.15) is 0 Å². The summed E-state index contributed by atoms with van der Waals surface area (Å²) in [5.41, 5.74) is 2.32. The summed E-state index contributed by atoms with van der Waals surface area (Å²) in [6, 6.07) is 5.08. The molecular weight excluding hydrogens is 265 g/mol. The van der Waals surface area contributed by atoms with Crippen molar-refractivity contribution < 1.29 is 9.13 Å². The molecule has 1 saturated carbocycles. The second kappa shape index (κ2) is 5.80. The fraction of sp³-hybridized carbons (Fsp3) is 0.556. The zero-order valence-electron chi connectivity index (χ0n) is 13.1. The molecule has 114 valence electrons. The molecular formula is C18H24FNO. The van der Waals surface area contributed by atoms with Gasteiger partial charge in [0.1, 0.15) is 11.6 Å². The highest BCUT2D eigenvalue weighted by molar-refractivity contribution is 5.70. The van der Waals surface area contributed by atoms with Crippen LogP contribution in [0.2, 0.25) is 0 Å². The van der Waals surface area contributed by atoms with E-state index >= 15 is 0 Å². The zero-order chi connectivity index (χ0) is 15.0. The van der Waals surface area contributed by atoms with E-state index in [-0.39, 0.29) is 5.82 Å². The van der Waals surface area contributed by atoms with Gasteiger partial charge < -0.3 is 9.64 Å². The molecule has 2 unspecified atom stereocenters. The first-order chi connectivity index (χ1) is 10.1. The van der Waals surface area contributed by atoms with Crippen LogP contribution in [-0.2, 0) is 0 Å². The SMILES string of the molecule is COc1cc(F)cc(C2=CC3CCC(C3)[C@@H]2CN(C)C)c1. The summed E-state index contributed by atoms with van der Waals surface area (Å²) in [7, 11) is 5.82. The van der Waals surface area contributed by atoms with E-state index in [9.17, 15) is 4.39 Å². The van der Waals surface area contributed by atoms with E-state index in [1.54, 1.807) is 13.2 Å². The molecule has 2 aliphatic carbocycles. The van der Waals surface area contributed by atoms with Gasteiger partial charge in [0.2, 0.25) is 0 Å². The molecule has 0 aliphatic heterocycles. The molecule has 3 atom stereocenters. The van der Waals surface area contributed by atoms with Crippen molar-refractivity contribution >= 4 is 5.57 Å². The van der Waals surface area contributed by atoms with Gasteiger partial charge in [0, 0.05) is 12.6 Å². The highest BCUT2D eigenvalue weighted by Gasteiger charge is 2.37. The van der Waals surface area contributed by atoms with Crippen LogP contribution in [0.25, 0.3) is 5.57 Å². The van der Waals surface area contributed by atoms with Crippen LogP contribution in [0.4, 0.5) is 4.39 Å². The average molecular weight is 289 g/mol. The standard InChI is InChI=1S/C18H24FNO/c1-20(2)11-18-13-5-4-12(6-13)7-17(18)14-8-15(19)10-16(9-14)21-3/h7-10,12-13,18H,4-6,11H2,1-3H3/t12?,13?,18-/m0/s1. The van der Waals surface area contributed by atoms with Crippen LogP contribution in [0.5, 0.6) is 5.75 Å². The molecule has 0 N–H and O–H groups in total. The van der Waals surface area contributed by atoms with Crippen molar-refractivity contribution in [2.75, 3.05) is 27.7 Å². The van der Waals surface area contributed by atoms with E-state index in [2.05, 4.69) is 25.1 Å². The highest BCUT2D eigenvalue weighted by atomic mass is 19.1. The third-order valence-corrected chi connectivity index (χ3v) is 4.90. The van der Waals surface area contributed by atoms with Crippen molar-refractivity contribution in [2.24, 2.45) is 17.8 Å². The van der Waals surface area contributed by atoms with Crippen molar-refractivity contribution in [1.29, 1.82) is 0 Å². The minimum atomic E-state index is -0.216. The van der Waals surface area contributed by atoms with Crippen LogP contribution in [0.1, 0.15) is 24.8 Å². The molecule has 0 spiro atoms. The number of hydrogen-bond donors (Lipinski definition) is 0. The Labute approximate surface area is 126 Å². The Kier molecular flexibility index (Phi) is 4.03. The van der Waals surface area contributed by atoms with E-state index in [0.717, 1.165) is 18.0 Å². The monoisotopic (exact) mass is 289 g/mol. The summed E-state index contributed by atoms with van der Waals surface area (Å²) in [6.07, 6.45) is 6.28. The maximum Gasteiger partial charge on any atom is 0.127 e. The molecule has 1 aromatic carbocycles. The quantitative estimate of drug-likeness (QED) is 0.835. The second-order valence-electron chi connectivity index (χ2n) is 6.70. The summed E-state index contributed by atoms with van der Waals surface area (Å²) < 4.78 is 19.1. The second-order valence-corrected chi connectivity index (χ2v) is 6.70. The fourth-order valence-corrected chi connectivity index (χ4v) is 4.00. The van der Waals surface area contributed by atoms with Crippen LogP contribution in [-0.4, -0.2) is 32.6 Å². The maximum atomic E-state index is 13.9. The molecule has 0 aromatic heterocycles. The highest BCUT2D eigenvalue weighted by Crippen LogP contribution is 2.48. The van der Waals surface area contributed by atoms with E-state index in [4.69, 9.17) is 4.74 Å². The first kappa shape index (κ1) is 14.6. The Morgan fingerprint density at radius 2 is 2.05 bits per heavy atom. The smallest absolute Gasteiger partial charge is 0.127 e. The zero-order valence-corrected chi connectivity index (χ0v) is 13.1. The molecule has 0 heterocycles. The van der Waals surface area contributed by atoms with Gasteiger partial charge in [-0.05, 0) is 74.4 Å². The van der Waals surface area contributed by atoms with Gasteiger partial charge in [0.25, 0.3) is 0 Å². The third kappa shape index (κ3) is 2.98. The number of fused-ring (bicyclic) bond motifs is 2. The van der Waals surface area contributed by atoms with Crippen molar-refractivity contribution in [3.05, 3.63) is 35.7 Å². The van der Waals surface area contributed by atoms with E-state index in [0.29, 0.717) is 17.6 Å². The molecule has 1 fully saturated rings. The van der Waals surface area contributed by atoms with E-state index in [1.807, 2.05) is 6.07 Å². The molecule has 1 aromatic rings. The molecule has 2 bridgehead atoms. The topological polar surface area (TPSA) is 12.5 Å². The predicted octanol–water partition coefficient (Wildman–Crippen LogP) is 3.83. The number of allylic oxidation sites excluding steroid dienone is 1. The number of rotatable bonds is 4. The Morgan fingerprint density at radius 1 is 1.24 bits per heavy atom. The molecule has 21 heavy (non-hydrogen) atoms. The number of halogens is 1. The van der Waals surface area contributed by atoms with Crippen LogP contribution in [0, 0.1) is 23.6 Å². The van der Waals surface area contributed by atoms with E-state index < -0.39 is 0 Å². The molecule has 3 rings (SSSR count). The summed E-state index contributed by atoms with van der Waals surface area (Å²) in [5.74, 6) is 2.31. The lowest BCUT2D eigenvalue weighted by Gasteiger charge is -2.32. The Hall–Kier alpha value is -1.35. The van der Waals surface area contributed by atoms with Gasteiger partial charge >= 0.3 is 0 Å². The van der Waals surface area contributed by atoms with Gasteiger partial charge in [-0.25, -0.2) is 4.39 Å². The van der Waals surface area contributed by atoms with E-state index in [1.165, 1.54) is 30.9 Å². The molecule has 0 saturated heterocycles. The summed E-state index contributed by atoms with van der Waals surface area (Å²) >= 11 is 0. The van der Waals surface area contributed by atoms with Crippen LogP contribution in [0.3, 0.4) is 0 Å². The Balaban J connectivity index is 1.99. The maximum absolute atomic E-state index is 13.9. The van der Waals surface area contributed by atoms with Crippen LogP contribution in [0.15, 0.2) is 24.3 Å². The van der Waals surface area contributed by atoms with Crippen molar-refractivity contribution in [2.45, 2.75) is 19.3 Å². The van der Waals surface area contributed by atoms with Crippen LogP contribution < -0.4 is 4.74 Å². The molecule has 3 heteroatoms. The number of nitrogens with zero attached hydrogens (tertiary/aromatic N) is 1. The normalized spacial score (nSPS) is 27.9. The summed E-state index contributed by atoms with van der Waals surface area (Å²) in [5, 5.41) is 0. The number of hydrogen-bond acceptors (Lipinski definition) is 2. The predicted molar refractivity (Wildman–Crippen MR) is 83.8 cm³/mol. The Morgan fingerprint density at radius 3 is 2.76 bits per heavy atom. The number of ether oxygens (including phenoxy) is 1. The lowest BCUT2D eigenvalue weighted by atomic mass is 9.76. The lowest BCUT2D eigenvalue weighted by Crippen LogP contribution is -2.29. The first-order valence-corrected chi connectivity index (χ1v) is 7.78. The number of benzene rings is 1. The van der Waals surface area contributed by atoms with Crippen molar-refractivity contribution in [3.8, 4) is 5.75 Å². The summed E-state index contributed by atoms with van der Waals surface area (Å²) in [4.78, 5) is 2.24. The van der Waals surface area contributed by atoms with Gasteiger partial charge in [-0.3, -0.25) is 0 Å². The van der Waals surface area contributed by atoms with Gasteiger partial charge in [-0.15, -0.1) is 0 Å². The van der Waals surface area contributed by atoms with Gasteiger partial charge in [0.05, 0.1) is 7.11 Å². The molecule has 2 aliphatic rings. The third-order valence-electron chi connectivity index (χ3n) is 4.90. The largest absolute Gasteiger partial charge is 0.497 e. The minimum absolute atomic E-state index is 0.216. The molecule has 0 amide bonds. The average Bonchev–Trinajstić information content (AvgIpc) is 2.83. The first-order valence-electron chi connectivity index (χ1n) is 7.78. The fourth-order valence-electron chi connectivity index (χ4n) is 4.00. The van der Waals surface area contributed by atoms with Gasteiger partial charge in [-0.1, -0.05) is 6.08 Å². The minimum Gasteiger partial charge on any atom is -0.497 e. The molecule has 0 radical (unpaired) electrons. The lowest BCUT2D eigenvalue weighted by molar-refractivity contribution is 0.289.